The summed E-state index contributed by atoms with van der Waals surface area (Å²) in [7, 11) is 0. The van der Waals surface area contributed by atoms with Gasteiger partial charge in [-0.2, -0.15) is 0 Å². The molecule has 0 unspecified atom stereocenters. The van der Waals surface area contributed by atoms with Gasteiger partial charge in [0.15, 0.2) is 0 Å². The summed E-state index contributed by atoms with van der Waals surface area (Å²) in [5, 5.41) is 13.6. The number of carboxylic acid groups (broad SMARTS) is 1. The molecule has 2 heterocycles. The number of fused-ring (bicyclic) bond motifs is 1. The van der Waals surface area contributed by atoms with Crippen LogP contribution in [0.25, 0.3) is 22.0 Å². The van der Waals surface area contributed by atoms with E-state index in [2.05, 4.69) is 10.3 Å². The summed E-state index contributed by atoms with van der Waals surface area (Å²) < 4.78 is 0. The highest BCUT2D eigenvalue weighted by atomic mass is 35.5. The number of hydrogen-bond donors (Lipinski definition) is 3. The van der Waals surface area contributed by atoms with E-state index in [1.807, 2.05) is 42.5 Å². The number of aliphatic carboxylic acids is 1. The van der Waals surface area contributed by atoms with Gasteiger partial charge in [0.25, 0.3) is 5.91 Å². The summed E-state index contributed by atoms with van der Waals surface area (Å²) in [5.41, 5.74) is 2.94. The number of aromatic amines is 1. The van der Waals surface area contributed by atoms with Gasteiger partial charge in [0.05, 0.1) is 0 Å². The lowest BCUT2D eigenvalue weighted by Crippen LogP contribution is -2.55. The summed E-state index contributed by atoms with van der Waals surface area (Å²) in [4.78, 5) is 29.4. The molecular formula is C20H18ClN3O3. The number of nitrogens with one attached hydrogen (secondary N) is 2. The average Bonchev–Trinajstić information content (AvgIpc) is 3.06. The fourth-order valence-corrected chi connectivity index (χ4v) is 3.66. The molecule has 3 N–H and O–H groups in total. The van der Waals surface area contributed by atoms with Crippen LogP contribution in [0.3, 0.4) is 0 Å². The number of piperazine rings is 1. The second-order valence-corrected chi connectivity index (χ2v) is 6.96. The van der Waals surface area contributed by atoms with Gasteiger partial charge in [-0.25, -0.2) is 0 Å². The first-order valence-corrected chi connectivity index (χ1v) is 9.04. The predicted molar refractivity (Wildman–Crippen MR) is 104 cm³/mol. The number of H-pyrrole nitrogens is 1. The molecule has 0 radical (unpaired) electrons. The molecule has 0 aliphatic carbocycles. The molecule has 0 saturated carbocycles. The molecule has 4 rings (SSSR count). The maximum atomic E-state index is 13.3. The van der Waals surface area contributed by atoms with E-state index in [1.54, 1.807) is 11.0 Å². The maximum absolute atomic E-state index is 13.3. The predicted octanol–water partition coefficient (Wildman–Crippen LogP) is 2.99. The summed E-state index contributed by atoms with van der Waals surface area (Å²) >= 11 is 6.19. The number of halogens is 1. The van der Waals surface area contributed by atoms with Crippen LogP contribution >= 0.6 is 11.6 Å². The van der Waals surface area contributed by atoms with Crippen LogP contribution in [0, 0.1) is 0 Å². The van der Waals surface area contributed by atoms with Crippen molar-refractivity contribution < 1.29 is 14.7 Å². The van der Waals surface area contributed by atoms with Crippen LogP contribution in [-0.4, -0.2) is 52.5 Å². The number of rotatable bonds is 3. The Morgan fingerprint density at radius 1 is 1.15 bits per heavy atom. The topological polar surface area (TPSA) is 85.4 Å². The first-order chi connectivity index (χ1) is 13.0. The standard InChI is InChI=1S/C20H18ClN3O3/c21-13-6-7-15-14(10-13)17(12-4-2-1-3-5-12)18(23-15)19(25)24-9-8-22-16(11-24)20(26)27/h1-7,10,16,22-23H,8-9,11H2,(H,26,27)/t16-/m0/s1. The molecule has 0 spiro atoms. The Labute approximate surface area is 160 Å². The lowest BCUT2D eigenvalue weighted by Gasteiger charge is -2.31. The van der Waals surface area contributed by atoms with E-state index in [0.29, 0.717) is 23.8 Å². The van der Waals surface area contributed by atoms with Crippen molar-refractivity contribution in [1.29, 1.82) is 0 Å². The van der Waals surface area contributed by atoms with E-state index < -0.39 is 12.0 Å². The molecule has 7 heteroatoms. The zero-order valence-electron chi connectivity index (χ0n) is 14.4. The van der Waals surface area contributed by atoms with Crippen LogP contribution in [0.1, 0.15) is 10.5 Å². The summed E-state index contributed by atoms with van der Waals surface area (Å²) in [5.74, 6) is -1.17. The zero-order valence-corrected chi connectivity index (χ0v) is 15.2. The Morgan fingerprint density at radius 2 is 1.93 bits per heavy atom. The van der Waals surface area contributed by atoms with Crippen LogP contribution < -0.4 is 5.32 Å². The summed E-state index contributed by atoms with van der Waals surface area (Å²) in [6, 6.07) is 14.3. The highest BCUT2D eigenvalue weighted by Gasteiger charge is 2.30. The van der Waals surface area contributed by atoms with E-state index in [-0.39, 0.29) is 12.5 Å². The van der Waals surface area contributed by atoms with Crippen molar-refractivity contribution in [3.63, 3.8) is 0 Å². The van der Waals surface area contributed by atoms with E-state index in [0.717, 1.165) is 22.0 Å². The van der Waals surface area contributed by atoms with Gasteiger partial charge in [0.2, 0.25) is 0 Å². The van der Waals surface area contributed by atoms with Crippen molar-refractivity contribution in [2.24, 2.45) is 0 Å². The molecule has 1 atom stereocenters. The van der Waals surface area contributed by atoms with Crippen LogP contribution in [0.2, 0.25) is 5.02 Å². The van der Waals surface area contributed by atoms with E-state index in [1.165, 1.54) is 0 Å². The summed E-state index contributed by atoms with van der Waals surface area (Å²) in [6.07, 6.45) is 0. The fraction of sp³-hybridized carbons (Fsp3) is 0.200. The molecule has 1 aliphatic heterocycles. The van der Waals surface area contributed by atoms with Crippen molar-refractivity contribution in [3.05, 3.63) is 59.2 Å². The van der Waals surface area contributed by atoms with Crippen LogP contribution in [0.4, 0.5) is 0 Å². The fourth-order valence-electron chi connectivity index (χ4n) is 3.49. The van der Waals surface area contributed by atoms with Gasteiger partial charge in [-0.3, -0.25) is 9.59 Å². The van der Waals surface area contributed by atoms with Gasteiger partial charge in [0, 0.05) is 41.1 Å². The third-order valence-electron chi connectivity index (χ3n) is 4.80. The molecule has 27 heavy (non-hydrogen) atoms. The summed E-state index contributed by atoms with van der Waals surface area (Å²) in [6.45, 7) is 1.01. The Morgan fingerprint density at radius 3 is 2.67 bits per heavy atom. The Kier molecular flexibility index (Phi) is 4.59. The van der Waals surface area contributed by atoms with Crippen molar-refractivity contribution in [2.75, 3.05) is 19.6 Å². The molecule has 1 aromatic heterocycles. The molecule has 1 fully saturated rings. The smallest absolute Gasteiger partial charge is 0.322 e. The van der Waals surface area contributed by atoms with Gasteiger partial charge in [-0.1, -0.05) is 41.9 Å². The minimum Gasteiger partial charge on any atom is -0.480 e. The highest BCUT2D eigenvalue weighted by Crippen LogP contribution is 2.34. The van der Waals surface area contributed by atoms with Gasteiger partial charge in [0.1, 0.15) is 11.7 Å². The molecule has 1 amide bonds. The molecule has 0 bridgehead atoms. The highest BCUT2D eigenvalue weighted by molar-refractivity contribution is 6.31. The van der Waals surface area contributed by atoms with Gasteiger partial charge in [-0.15, -0.1) is 0 Å². The van der Waals surface area contributed by atoms with Crippen molar-refractivity contribution in [2.45, 2.75) is 6.04 Å². The molecule has 1 aliphatic rings. The van der Waals surface area contributed by atoms with E-state index >= 15 is 0 Å². The largest absolute Gasteiger partial charge is 0.480 e. The zero-order chi connectivity index (χ0) is 19.0. The number of amides is 1. The first kappa shape index (κ1) is 17.6. The Bertz CT molecular complexity index is 1020. The molecule has 3 aromatic rings. The minimum absolute atomic E-state index is 0.124. The molecule has 1 saturated heterocycles. The SMILES string of the molecule is O=C(O)[C@@H]1CN(C(=O)c2[nH]c3ccc(Cl)cc3c2-c2ccccc2)CCN1. The van der Waals surface area contributed by atoms with Gasteiger partial charge in [-0.05, 0) is 23.8 Å². The van der Waals surface area contributed by atoms with Crippen molar-refractivity contribution in [1.82, 2.24) is 15.2 Å². The van der Waals surface area contributed by atoms with Crippen LogP contribution in [-0.2, 0) is 4.79 Å². The second-order valence-electron chi connectivity index (χ2n) is 6.53. The Hall–Kier alpha value is -2.83. The van der Waals surface area contributed by atoms with Crippen molar-refractivity contribution in [3.8, 4) is 11.1 Å². The quantitative estimate of drug-likeness (QED) is 0.649. The molecular weight excluding hydrogens is 366 g/mol. The molecule has 6 nitrogen and oxygen atoms in total. The third kappa shape index (κ3) is 3.29. The van der Waals surface area contributed by atoms with Gasteiger partial charge < -0.3 is 20.3 Å². The third-order valence-corrected chi connectivity index (χ3v) is 5.03. The van der Waals surface area contributed by atoms with Crippen molar-refractivity contribution >= 4 is 34.4 Å². The average molecular weight is 384 g/mol. The number of carbonyl (C=O) groups excluding carboxylic acids is 1. The minimum atomic E-state index is -0.959. The number of nitrogens with zero attached hydrogens (tertiary/aromatic N) is 1. The van der Waals surface area contributed by atoms with E-state index in [9.17, 15) is 14.7 Å². The number of carbonyl (C=O) groups is 2. The molecule has 138 valence electrons. The van der Waals surface area contributed by atoms with Gasteiger partial charge >= 0.3 is 5.97 Å². The maximum Gasteiger partial charge on any atom is 0.322 e. The normalized spacial score (nSPS) is 17.2. The Balaban J connectivity index is 1.81. The second kappa shape index (κ2) is 7.06. The van der Waals surface area contributed by atoms with E-state index in [4.69, 9.17) is 11.6 Å². The lowest BCUT2D eigenvalue weighted by atomic mass is 10.0. The number of hydrogen-bond acceptors (Lipinski definition) is 3. The molecule has 2 aromatic carbocycles. The number of carboxylic acids is 1. The monoisotopic (exact) mass is 383 g/mol. The first-order valence-electron chi connectivity index (χ1n) is 8.66. The number of aromatic nitrogens is 1. The van der Waals surface area contributed by atoms with Crippen LogP contribution in [0.5, 0.6) is 0 Å². The number of benzene rings is 2. The lowest BCUT2D eigenvalue weighted by molar-refractivity contribution is -0.140. The van der Waals surface area contributed by atoms with Crippen LogP contribution in [0.15, 0.2) is 48.5 Å².